The van der Waals surface area contributed by atoms with Crippen molar-refractivity contribution < 1.29 is 9.59 Å². The van der Waals surface area contributed by atoms with E-state index in [2.05, 4.69) is 0 Å². The van der Waals surface area contributed by atoms with Crippen molar-refractivity contribution in [2.24, 2.45) is 10.8 Å². The van der Waals surface area contributed by atoms with E-state index in [1.165, 1.54) is 0 Å². The maximum Gasteiger partial charge on any atom is 0.152 e. The first-order chi connectivity index (χ1) is 6.94. The van der Waals surface area contributed by atoms with Crippen LogP contribution in [0, 0.1) is 10.8 Å². The van der Waals surface area contributed by atoms with Crippen molar-refractivity contribution in [3.8, 4) is 0 Å². The lowest BCUT2D eigenvalue weighted by molar-refractivity contribution is -0.130. The molecule has 0 spiro atoms. The predicted molar refractivity (Wildman–Crippen MR) is 66.4 cm³/mol. The molecule has 0 fully saturated rings. The lowest BCUT2D eigenvalue weighted by Crippen LogP contribution is -2.39. The Labute approximate surface area is 99.2 Å². The van der Waals surface area contributed by atoms with Gasteiger partial charge in [0.15, 0.2) is 11.6 Å². The van der Waals surface area contributed by atoms with E-state index in [4.69, 9.17) is 0 Å². The van der Waals surface area contributed by atoms with Gasteiger partial charge in [-0.3, -0.25) is 14.5 Å². The molecule has 0 N–H and O–H groups in total. The second-order valence-electron chi connectivity index (χ2n) is 6.52. The normalized spacial score (nSPS) is 13.0. The monoisotopic (exact) mass is 227 g/mol. The number of likely N-dealkylation sites (N-methyl/N-ethyl adjacent to an activating group) is 1. The molecule has 0 atom stereocenters. The van der Waals surface area contributed by atoms with Crippen LogP contribution in [0.5, 0.6) is 0 Å². The summed E-state index contributed by atoms with van der Waals surface area (Å²) in [7, 11) is 1.81. The SMILES string of the molecule is CN(CC(=O)C(C)(C)C)CC(=O)C(C)(C)C. The zero-order valence-corrected chi connectivity index (χ0v) is 11.7. The van der Waals surface area contributed by atoms with E-state index >= 15 is 0 Å². The van der Waals surface area contributed by atoms with Crippen LogP contribution in [-0.2, 0) is 9.59 Å². The van der Waals surface area contributed by atoms with Gasteiger partial charge in [0.25, 0.3) is 0 Å². The molecular formula is C13H25NO2. The summed E-state index contributed by atoms with van der Waals surface area (Å²) >= 11 is 0. The van der Waals surface area contributed by atoms with Crippen LogP contribution >= 0.6 is 0 Å². The minimum atomic E-state index is -0.334. The first-order valence-electron chi connectivity index (χ1n) is 5.70. The fraction of sp³-hybridized carbons (Fsp3) is 0.846. The van der Waals surface area contributed by atoms with Crippen LogP contribution in [-0.4, -0.2) is 36.6 Å². The second-order valence-corrected chi connectivity index (χ2v) is 6.52. The summed E-state index contributed by atoms with van der Waals surface area (Å²) in [5.41, 5.74) is -0.669. The van der Waals surface area contributed by atoms with Crippen molar-refractivity contribution >= 4 is 11.6 Å². The standard InChI is InChI=1S/C13H25NO2/c1-12(2,3)10(15)8-14(7)9-11(16)13(4,5)6/h8-9H2,1-7H3. The topological polar surface area (TPSA) is 37.4 Å². The minimum Gasteiger partial charge on any atom is -0.298 e. The van der Waals surface area contributed by atoms with Gasteiger partial charge >= 0.3 is 0 Å². The first-order valence-corrected chi connectivity index (χ1v) is 5.70. The zero-order valence-electron chi connectivity index (χ0n) is 11.7. The molecule has 0 bridgehead atoms. The van der Waals surface area contributed by atoms with Gasteiger partial charge in [0.1, 0.15) is 0 Å². The molecule has 0 saturated heterocycles. The Balaban J connectivity index is 4.26. The summed E-state index contributed by atoms with van der Waals surface area (Å²) in [5.74, 6) is 0.327. The van der Waals surface area contributed by atoms with Crippen molar-refractivity contribution in [1.82, 2.24) is 4.90 Å². The van der Waals surface area contributed by atoms with Crippen LogP contribution < -0.4 is 0 Å². The molecule has 16 heavy (non-hydrogen) atoms. The van der Waals surface area contributed by atoms with E-state index in [9.17, 15) is 9.59 Å². The van der Waals surface area contributed by atoms with Gasteiger partial charge in [0.2, 0.25) is 0 Å². The Morgan fingerprint density at radius 2 is 1.06 bits per heavy atom. The van der Waals surface area contributed by atoms with Gasteiger partial charge in [0.05, 0.1) is 13.1 Å². The molecule has 0 aliphatic rings. The summed E-state index contributed by atoms with van der Waals surface area (Å²) < 4.78 is 0. The Kier molecular flexibility index (Phi) is 4.86. The van der Waals surface area contributed by atoms with E-state index in [1.807, 2.05) is 48.6 Å². The van der Waals surface area contributed by atoms with Crippen LogP contribution in [0.2, 0.25) is 0 Å². The first kappa shape index (κ1) is 15.3. The Morgan fingerprint density at radius 3 is 1.25 bits per heavy atom. The number of ketones is 2. The van der Waals surface area contributed by atoms with E-state index in [0.29, 0.717) is 13.1 Å². The summed E-state index contributed by atoms with van der Waals surface area (Å²) in [4.78, 5) is 25.3. The van der Waals surface area contributed by atoms with Crippen molar-refractivity contribution in [1.29, 1.82) is 0 Å². The maximum atomic E-state index is 11.8. The third-order valence-electron chi connectivity index (χ3n) is 2.50. The average molecular weight is 227 g/mol. The Hall–Kier alpha value is -0.700. The number of hydrogen-bond donors (Lipinski definition) is 0. The van der Waals surface area contributed by atoms with E-state index < -0.39 is 0 Å². The van der Waals surface area contributed by atoms with Gasteiger partial charge in [-0.1, -0.05) is 41.5 Å². The lowest BCUT2D eigenvalue weighted by Gasteiger charge is -2.24. The molecule has 0 aromatic heterocycles. The zero-order chi connectivity index (χ0) is 13.1. The lowest BCUT2D eigenvalue weighted by atomic mass is 9.89. The summed E-state index contributed by atoms with van der Waals surface area (Å²) in [6.45, 7) is 12.1. The maximum absolute atomic E-state index is 11.8. The molecule has 94 valence electrons. The molecule has 0 saturated carbocycles. The fourth-order valence-electron chi connectivity index (χ4n) is 1.02. The Bertz CT molecular complexity index is 241. The highest BCUT2D eigenvalue weighted by molar-refractivity contribution is 5.88. The summed E-state index contributed by atoms with van der Waals surface area (Å²) in [6, 6.07) is 0. The van der Waals surface area contributed by atoms with Gasteiger partial charge in [-0.25, -0.2) is 0 Å². The van der Waals surface area contributed by atoms with Gasteiger partial charge in [-0.15, -0.1) is 0 Å². The number of rotatable bonds is 4. The number of Topliss-reactive ketones (excluding diaryl/α,β-unsaturated/α-hetero) is 2. The largest absolute Gasteiger partial charge is 0.298 e. The van der Waals surface area contributed by atoms with Crippen LogP contribution in [0.25, 0.3) is 0 Å². The number of carbonyl (C=O) groups is 2. The second kappa shape index (κ2) is 5.09. The highest BCUT2D eigenvalue weighted by atomic mass is 16.1. The average Bonchev–Trinajstić information content (AvgIpc) is 1.99. The fourth-order valence-corrected chi connectivity index (χ4v) is 1.02. The molecule has 0 amide bonds. The summed E-state index contributed by atoms with van der Waals surface area (Å²) in [5, 5.41) is 0. The molecule has 0 aromatic rings. The number of hydrogen-bond acceptors (Lipinski definition) is 3. The molecule has 0 unspecified atom stereocenters. The van der Waals surface area contributed by atoms with Gasteiger partial charge < -0.3 is 0 Å². The molecule has 0 aliphatic heterocycles. The van der Waals surface area contributed by atoms with E-state index in [1.54, 1.807) is 4.90 Å². The third kappa shape index (κ3) is 5.40. The van der Waals surface area contributed by atoms with Crippen molar-refractivity contribution in [3.05, 3.63) is 0 Å². The van der Waals surface area contributed by atoms with Crippen molar-refractivity contribution in [2.75, 3.05) is 20.1 Å². The smallest absolute Gasteiger partial charge is 0.152 e. The molecule has 0 aromatic carbocycles. The Morgan fingerprint density at radius 1 is 0.812 bits per heavy atom. The number of nitrogens with zero attached hydrogens (tertiary/aromatic N) is 1. The van der Waals surface area contributed by atoms with Gasteiger partial charge in [-0.05, 0) is 7.05 Å². The van der Waals surface area contributed by atoms with E-state index in [0.717, 1.165) is 0 Å². The van der Waals surface area contributed by atoms with Crippen molar-refractivity contribution in [2.45, 2.75) is 41.5 Å². The highest BCUT2D eigenvalue weighted by Crippen LogP contribution is 2.17. The van der Waals surface area contributed by atoms with Gasteiger partial charge in [0, 0.05) is 10.8 Å². The number of carbonyl (C=O) groups excluding carboxylic acids is 2. The summed E-state index contributed by atoms with van der Waals surface area (Å²) in [6.07, 6.45) is 0. The van der Waals surface area contributed by atoms with Crippen molar-refractivity contribution in [3.63, 3.8) is 0 Å². The molecular weight excluding hydrogens is 202 g/mol. The van der Waals surface area contributed by atoms with Crippen LogP contribution in [0.1, 0.15) is 41.5 Å². The van der Waals surface area contributed by atoms with Crippen LogP contribution in [0.15, 0.2) is 0 Å². The molecule has 0 aliphatic carbocycles. The van der Waals surface area contributed by atoms with Gasteiger partial charge in [-0.2, -0.15) is 0 Å². The quantitative estimate of drug-likeness (QED) is 0.738. The van der Waals surface area contributed by atoms with Crippen LogP contribution in [0.3, 0.4) is 0 Å². The van der Waals surface area contributed by atoms with Crippen LogP contribution in [0.4, 0.5) is 0 Å². The molecule has 0 heterocycles. The third-order valence-corrected chi connectivity index (χ3v) is 2.50. The minimum absolute atomic E-state index is 0.164. The molecule has 0 radical (unpaired) electrons. The molecule has 0 rings (SSSR count). The molecule has 3 heteroatoms. The predicted octanol–water partition coefficient (Wildman–Crippen LogP) is 2.15. The highest BCUT2D eigenvalue weighted by Gasteiger charge is 2.26. The van der Waals surface area contributed by atoms with E-state index in [-0.39, 0.29) is 22.4 Å². The molecule has 3 nitrogen and oxygen atoms in total.